The molecule has 0 spiro atoms. The number of hydrogen-bond acceptors (Lipinski definition) is 6. The van der Waals surface area contributed by atoms with Crippen molar-refractivity contribution in [3.63, 3.8) is 0 Å². The second kappa shape index (κ2) is 9.91. The highest BCUT2D eigenvalue weighted by Crippen LogP contribution is 2.26. The Balaban J connectivity index is 1.65. The van der Waals surface area contributed by atoms with Crippen molar-refractivity contribution < 1.29 is 23.9 Å². The Bertz CT molecular complexity index is 754. The van der Waals surface area contributed by atoms with E-state index in [0.29, 0.717) is 13.1 Å². The minimum Gasteiger partial charge on any atom is -0.454 e. The Morgan fingerprint density at radius 1 is 1.00 bits per heavy atom. The van der Waals surface area contributed by atoms with E-state index in [0.717, 1.165) is 30.6 Å². The first kappa shape index (κ1) is 21.4. The minimum atomic E-state index is -1.06. The van der Waals surface area contributed by atoms with E-state index in [1.165, 1.54) is 18.2 Å². The van der Waals surface area contributed by atoms with Crippen molar-refractivity contribution >= 4 is 35.5 Å². The van der Waals surface area contributed by atoms with Gasteiger partial charge < -0.3 is 9.64 Å². The Morgan fingerprint density at radius 2 is 1.55 bits per heavy atom. The first-order chi connectivity index (χ1) is 14.0. The number of nitrogens with zero attached hydrogens (tertiary/aromatic N) is 2. The van der Waals surface area contributed by atoms with Crippen LogP contribution in [0.4, 0.5) is 0 Å². The third kappa shape index (κ3) is 4.80. The molecule has 156 valence electrons. The molecule has 0 aliphatic carbocycles. The minimum absolute atomic E-state index is 0.211. The zero-order chi connectivity index (χ0) is 20.8. The molecule has 8 heteroatoms. The van der Waals surface area contributed by atoms with Gasteiger partial charge in [0.15, 0.2) is 6.61 Å². The lowest BCUT2D eigenvalue weighted by atomic mass is 10.1. The number of esters is 1. The number of amides is 3. The summed E-state index contributed by atoms with van der Waals surface area (Å²) in [6.45, 7) is 0.971. The predicted molar refractivity (Wildman–Crippen MR) is 110 cm³/mol. The van der Waals surface area contributed by atoms with Crippen molar-refractivity contribution in [1.29, 1.82) is 0 Å². The van der Waals surface area contributed by atoms with Crippen LogP contribution in [-0.2, 0) is 14.3 Å². The molecule has 0 radical (unpaired) electrons. The number of benzene rings is 1. The summed E-state index contributed by atoms with van der Waals surface area (Å²) in [5, 5.41) is 0. The Morgan fingerprint density at radius 3 is 2.10 bits per heavy atom. The molecule has 0 N–H and O–H groups in total. The van der Waals surface area contributed by atoms with Crippen molar-refractivity contribution in [2.24, 2.45) is 0 Å². The molecule has 7 nitrogen and oxygen atoms in total. The lowest BCUT2D eigenvalue weighted by Gasteiger charge is -2.26. The quantitative estimate of drug-likeness (QED) is 0.521. The molecule has 0 bridgehead atoms. The molecule has 29 heavy (non-hydrogen) atoms. The Kier molecular flexibility index (Phi) is 7.30. The van der Waals surface area contributed by atoms with E-state index in [1.807, 2.05) is 0 Å². The molecule has 2 heterocycles. The van der Waals surface area contributed by atoms with Gasteiger partial charge in [0.25, 0.3) is 17.7 Å². The molecule has 0 unspecified atom stereocenters. The molecule has 2 aliphatic rings. The highest BCUT2D eigenvalue weighted by atomic mass is 32.2. The molecular formula is C21H26N2O5S. The van der Waals surface area contributed by atoms with Crippen LogP contribution in [0.3, 0.4) is 0 Å². The van der Waals surface area contributed by atoms with Crippen molar-refractivity contribution in [1.82, 2.24) is 9.80 Å². The average molecular weight is 419 g/mol. The summed E-state index contributed by atoms with van der Waals surface area (Å²) in [7, 11) is 0. The van der Waals surface area contributed by atoms with Gasteiger partial charge in [0.1, 0.15) is 6.04 Å². The molecule has 1 saturated heterocycles. The van der Waals surface area contributed by atoms with Gasteiger partial charge in [-0.2, -0.15) is 11.8 Å². The van der Waals surface area contributed by atoms with E-state index in [1.54, 1.807) is 35.4 Å². The fourth-order valence-corrected chi connectivity index (χ4v) is 4.31. The summed E-state index contributed by atoms with van der Waals surface area (Å²) in [5.74, 6) is -1.75. The van der Waals surface area contributed by atoms with Gasteiger partial charge in [-0.3, -0.25) is 19.3 Å². The van der Waals surface area contributed by atoms with Crippen LogP contribution in [-0.4, -0.2) is 71.2 Å². The van der Waals surface area contributed by atoms with Gasteiger partial charge in [0.2, 0.25) is 0 Å². The second-order valence-corrected chi connectivity index (χ2v) is 8.16. The van der Waals surface area contributed by atoms with Crippen LogP contribution in [0.5, 0.6) is 0 Å². The monoisotopic (exact) mass is 418 g/mol. The molecule has 1 aromatic carbocycles. The van der Waals surface area contributed by atoms with Crippen molar-refractivity contribution in [3.8, 4) is 0 Å². The number of carbonyl (C=O) groups excluding carboxylic acids is 4. The number of hydrogen-bond donors (Lipinski definition) is 0. The average Bonchev–Trinajstić information content (AvgIpc) is 2.95. The third-order valence-corrected chi connectivity index (χ3v) is 5.93. The van der Waals surface area contributed by atoms with Crippen LogP contribution < -0.4 is 0 Å². The molecular weight excluding hydrogens is 392 g/mol. The summed E-state index contributed by atoms with van der Waals surface area (Å²) in [6, 6.07) is 5.44. The maximum atomic E-state index is 12.7. The second-order valence-electron chi connectivity index (χ2n) is 7.25. The van der Waals surface area contributed by atoms with E-state index in [9.17, 15) is 19.2 Å². The fourth-order valence-electron chi connectivity index (χ4n) is 3.71. The number of rotatable bonds is 6. The van der Waals surface area contributed by atoms with Crippen LogP contribution in [0.2, 0.25) is 0 Å². The number of likely N-dealkylation sites (tertiary alicyclic amines) is 1. The van der Waals surface area contributed by atoms with Crippen LogP contribution in [0.15, 0.2) is 24.3 Å². The zero-order valence-electron chi connectivity index (χ0n) is 16.6. The number of thioether (sulfide) groups is 1. The normalized spacial score (nSPS) is 18.1. The van der Waals surface area contributed by atoms with Crippen LogP contribution in [0.1, 0.15) is 52.8 Å². The molecule has 3 rings (SSSR count). The number of carbonyl (C=O) groups is 4. The van der Waals surface area contributed by atoms with Gasteiger partial charge in [-0.1, -0.05) is 31.4 Å². The largest absolute Gasteiger partial charge is 0.454 e. The highest BCUT2D eigenvalue weighted by molar-refractivity contribution is 7.98. The molecule has 1 atom stereocenters. The molecule has 1 aromatic rings. The first-order valence-electron chi connectivity index (χ1n) is 9.95. The van der Waals surface area contributed by atoms with Crippen LogP contribution >= 0.6 is 11.8 Å². The van der Waals surface area contributed by atoms with Gasteiger partial charge in [-0.25, -0.2) is 4.79 Å². The maximum Gasteiger partial charge on any atom is 0.330 e. The number of fused-ring (bicyclic) bond motifs is 1. The zero-order valence-corrected chi connectivity index (χ0v) is 17.4. The SMILES string of the molecule is CSC[C@H](C(=O)OCC(=O)N1CCCCCCC1)N1C(=O)c2ccccc2C1=O. The topological polar surface area (TPSA) is 84.0 Å². The molecule has 0 aromatic heterocycles. The summed E-state index contributed by atoms with van der Waals surface area (Å²) >= 11 is 1.33. The van der Waals surface area contributed by atoms with Crippen molar-refractivity contribution in [2.45, 2.75) is 38.1 Å². The van der Waals surface area contributed by atoms with Gasteiger partial charge in [0.05, 0.1) is 11.1 Å². The molecule has 0 saturated carbocycles. The standard InChI is InChI=1S/C21H26N2O5S/c1-29-14-17(23-19(25)15-9-5-6-10-16(15)20(23)26)21(27)28-13-18(24)22-11-7-3-2-4-8-12-22/h5-6,9-10,17H,2-4,7-8,11-14H2,1H3/t17-/m1/s1. The Hall–Kier alpha value is -2.35. The predicted octanol–water partition coefficient (Wildman–Crippen LogP) is 2.35. The van der Waals surface area contributed by atoms with Gasteiger partial charge in [0, 0.05) is 18.8 Å². The number of imide groups is 1. The molecule has 3 amide bonds. The maximum absolute atomic E-state index is 12.7. The fraction of sp³-hybridized carbons (Fsp3) is 0.524. The van der Waals surface area contributed by atoms with Crippen LogP contribution in [0, 0.1) is 0 Å². The summed E-state index contributed by atoms with van der Waals surface area (Å²) in [5.41, 5.74) is 0.571. The van der Waals surface area contributed by atoms with Gasteiger partial charge in [-0.15, -0.1) is 0 Å². The molecule has 2 aliphatic heterocycles. The van der Waals surface area contributed by atoms with Gasteiger partial charge in [-0.05, 0) is 31.2 Å². The smallest absolute Gasteiger partial charge is 0.330 e. The van der Waals surface area contributed by atoms with E-state index in [4.69, 9.17) is 4.74 Å². The van der Waals surface area contributed by atoms with E-state index < -0.39 is 23.8 Å². The number of ether oxygens (including phenoxy) is 1. The highest BCUT2D eigenvalue weighted by Gasteiger charge is 2.43. The van der Waals surface area contributed by atoms with Gasteiger partial charge >= 0.3 is 5.97 Å². The third-order valence-electron chi connectivity index (χ3n) is 5.28. The lowest BCUT2D eigenvalue weighted by molar-refractivity contribution is -0.154. The van der Waals surface area contributed by atoms with Crippen LogP contribution in [0.25, 0.3) is 0 Å². The van der Waals surface area contributed by atoms with E-state index in [-0.39, 0.29) is 29.4 Å². The summed E-state index contributed by atoms with van der Waals surface area (Å²) < 4.78 is 5.26. The summed E-state index contributed by atoms with van der Waals surface area (Å²) in [6.07, 6.45) is 7.06. The summed E-state index contributed by atoms with van der Waals surface area (Å²) in [4.78, 5) is 53.3. The van der Waals surface area contributed by atoms with E-state index in [2.05, 4.69) is 0 Å². The Labute approximate surface area is 174 Å². The lowest BCUT2D eigenvalue weighted by Crippen LogP contribution is -2.48. The molecule has 1 fully saturated rings. The van der Waals surface area contributed by atoms with E-state index >= 15 is 0 Å². The van der Waals surface area contributed by atoms with Crippen molar-refractivity contribution in [2.75, 3.05) is 31.7 Å². The van der Waals surface area contributed by atoms with Crippen molar-refractivity contribution in [3.05, 3.63) is 35.4 Å². The first-order valence-corrected chi connectivity index (χ1v) is 11.3.